The minimum absolute atomic E-state index is 0.672. The van der Waals surface area contributed by atoms with Gasteiger partial charge in [0.1, 0.15) is 6.33 Å². The molecule has 0 amide bonds. The van der Waals surface area contributed by atoms with Crippen molar-refractivity contribution in [2.45, 2.75) is 38.5 Å². The fourth-order valence-electron chi connectivity index (χ4n) is 2.81. The normalized spacial score (nSPS) is 17.5. The van der Waals surface area contributed by atoms with E-state index in [2.05, 4.69) is 29.0 Å². The highest BCUT2D eigenvalue weighted by molar-refractivity contribution is 6.31. The molecule has 1 heterocycles. The van der Waals surface area contributed by atoms with E-state index in [-0.39, 0.29) is 0 Å². The molecule has 19 heavy (non-hydrogen) atoms. The first kappa shape index (κ1) is 12.6. The highest BCUT2D eigenvalue weighted by atomic mass is 35.5. The van der Waals surface area contributed by atoms with Crippen LogP contribution in [0, 0.1) is 0 Å². The van der Waals surface area contributed by atoms with Crippen molar-refractivity contribution in [3.05, 3.63) is 58.1 Å². The molecule has 1 atom stereocenters. The Morgan fingerprint density at radius 3 is 2.79 bits per heavy atom. The van der Waals surface area contributed by atoms with Gasteiger partial charge in [0, 0.05) is 17.4 Å². The zero-order chi connectivity index (χ0) is 13.2. The maximum absolute atomic E-state index is 6.39. The van der Waals surface area contributed by atoms with Crippen LogP contribution in [0.4, 0.5) is 0 Å². The van der Waals surface area contributed by atoms with Crippen molar-refractivity contribution < 1.29 is 0 Å². The van der Waals surface area contributed by atoms with E-state index in [0.29, 0.717) is 5.92 Å². The van der Waals surface area contributed by atoms with Crippen LogP contribution in [-0.4, -0.2) is 9.97 Å². The minimum atomic E-state index is 0.672. The van der Waals surface area contributed by atoms with E-state index in [1.54, 1.807) is 6.33 Å². The third-order valence-electron chi connectivity index (χ3n) is 3.98. The number of hydrogen-bond acceptors (Lipinski definition) is 2. The van der Waals surface area contributed by atoms with Gasteiger partial charge in [-0.15, -0.1) is 0 Å². The third kappa shape index (κ3) is 2.64. The van der Waals surface area contributed by atoms with Gasteiger partial charge >= 0.3 is 0 Å². The number of benzene rings is 1. The fraction of sp³-hybridized carbons (Fsp3) is 0.375. The first-order valence-electron chi connectivity index (χ1n) is 6.79. The van der Waals surface area contributed by atoms with Crippen molar-refractivity contribution in [1.29, 1.82) is 0 Å². The largest absolute Gasteiger partial charge is 0.245 e. The van der Waals surface area contributed by atoms with Gasteiger partial charge in [0.2, 0.25) is 0 Å². The number of halogens is 1. The average molecular weight is 273 g/mol. The Kier molecular flexibility index (Phi) is 3.52. The SMILES string of the molecule is CC1CCc2cc(Cl)c(CCc3cncnc3)cc21. The highest BCUT2D eigenvalue weighted by Gasteiger charge is 2.20. The molecule has 2 nitrogen and oxygen atoms in total. The molecule has 1 aromatic carbocycles. The lowest BCUT2D eigenvalue weighted by Gasteiger charge is -2.10. The topological polar surface area (TPSA) is 25.8 Å². The monoisotopic (exact) mass is 272 g/mol. The second kappa shape index (κ2) is 5.30. The highest BCUT2D eigenvalue weighted by Crippen LogP contribution is 2.36. The van der Waals surface area contributed by atoms with E-state index < -0.39 is 0 Å². The molecule has 0 N–H and O–H groups in total. The summed E-state index contributed by atoms with van der Waals surface area (Å²) in [7, 11) is 0. The summed E-state index contributed by atoms with van der Waals surface area (Å²) >= 11 is 6.39. The molecule has 1 aliphatic rings. The van der Waals surface area contributed by atoms with E-state index in [9.17, 15) is 0 Å². The smallest absolute Gasteiger partial charge is 0.115 e. The fourth-order valence-corrected chi connectivity index (χ4v) is 3.09. The molecule has 1 aromatic heterocycles. The summed E-state index contributed by atoms with van der Waals surface area (Å²) in [6, 6.07) is 4.47. The minimum Gasteiger partial charge on any atom is -0.245 e. The van der Waals surface area contributed by atoms with Gasteiger partial charge in [0.25, 0.3) is 0 Å². The van der Waals surface area contributed by atoms with Crippen LogP contribution in [0.2, 0.25) is 5.02 Å². The molecule has 1 unspecified atom stereocenters. The van der Waals surface area contributed by atoms with Gasteiger partial charge < -0.3 is 0 Å². The van der Waals surface area contributed by atoms with Crippen molar-refractivity contribution >= 4 is 11.6 Å². The van der Waals surface area contributed by atoms with Gasteiger partial charge in [-0.2, -0.15) is 0 Å². The van der Waals surface area contributed by atoms with Crippen molar-refractivity contribution in [2.24, 2.45) is 0 Å². The Bertz CT molecular complexity index is 581. The first-order valence-corrected chi connectivity index (χ1v) is 7.17. The predicted octanol–water partition coefficient (Wildman–Crippen LogP) is 3.96. The predicted molar refractivity (Wildman–Crippen MR) is 77.6 cm³/mol. The van der Waals surface area contributed by atoms with Crippen molar-refractivity contribution in [3.8, 4) is 0 Å². The molecule has 3 heteroatoms. The number of nitrogens with zero attached hydrogens (tertiary/aromatic N) is 2. The van der Waals surface area contributed by atoms with Gasteiger partial charge in [0.05, 0.1) is 0 Å². The van der Waals surface area contributed by atoms with Crippen LogP contribution in [0.5, 0.6) is 0 Å². The van der Waals surface area contributed by atoms with Gasteiger partial charge in [-0.05, 0) is 59.9 Å². The van der Waals surface area contributed by atoms with Crippen molar-refractivity contribution in [1.82, 2.24) is 9.97 Å². The maximum atomic E-state index is 6.39. The molecule has 0 fully saturated rings. The zero-order valence-electron chi connectivity index (χ0n) is 11.1. The molecule has 0 spiro atoms. The zero-order valence-corrected chi connectivity index (χ0v) is 11.8. The summed E-state index contributed by atoms with van der Waals surface area (Å²) in [6.45, 7) is 2.30. The summed E-state index contributed by atoms with van der Waals surface area (Å²) in [4.78, 5) is 8.09. The maximum Gasteiger partial charge on any atom is 0.115 e. The molecule has 2 aromatic rings. The molecule has 3 rings (SSSR count). The van der Waals surface area contributed by atoms with Crippen LogP contribution in [-0.2, 0) is 19.3 Å². The molecule has 0 radical (unpaired) electrons. The quantitative estimate of drug-likeness (QED) is 0.845. The lowest BCUT2D eigenvalue weighted by Crippen LogP contribution is -1.97. The van der Waals surface area contributed by atoms with Gasteiger partial charge in [-0.3, -0.25) is 0 Å². The van der Waals surface area contributed by atoms with E-state index in [0.717, 1.165) is 23.4 Å². The Balaban J connectivity index is 1.80. The second-order valence-electron chi connectivity index (χ2n) is 5.33. The standard InChI is InChI=1S/C16H17ClN2/c1-11-2-4-13-7-16(17)14(6-15(11)13)5-3-12-8-18-10-19-9-12/h6-11H,2-5H2,1H3. The van der Waals surface area contributed by atoms with Gasteiger partial charge in [0.15, 0.2) is 0 Å². The van der Waals surface area contributed by atoms with Crippen LogP contribution >= 0.6 is 11.6 Å². The molecule has 0 saturated carbocycles. The molecular weight excluding hydrogens is 256 g/mol. The number of hydrogen-bond donors (Lipinski definition) is 0. The molecule has 98 valence electrons. The molecule has 1 aliphatic carbocycles. The van der Waals surface area contributed by atoms with Crippen LogP contribution in [0.1, 0.15) is 41.5 Å². The Labute approximate surface area is 118 Å². The summed E-state index contributed by atoms with van der Waals surface area (Å²) < 4.78 is 0. The molecular formula is C16H17ClN2. The van der Waals surface area contributed by atoms with Gasteiger partial charge in [-0.25, -0.2) is 9.97 Å². The Morgan fingerprint density at radius 2 is 2.00 bits per heavy atom. The lowest BCUT2D eigenvalue weighted by atomic mass is 9.98. The summed E-state index contributed by atoms with van der Waals surface area (Å²) in [5.41, 5.74) is 5.33. The lowest BCUT2D eigenvalue weighted by molar-refractivity contribution is 0.746. The molecule has 0 saturated heterocycles. The summed E-state index contributed by atoms with van der Waals surface area (Å²) in [5.74, 6) is 0.672. The number of aromatic nitrogens is 2. The van der Waals surface area contributed by atoms with E-state index in [1.807, 2.05) is 12.4 Å². The summed E-state index contributed by atoms with van der Waals surface area (Å²) in [5, 5.41) is 0.907. The first-order chi connectivity index (χ1) is 9.24. The third-order valence-corrected chi connectivity index (χ3v) is 4.33. The van der Waals surface area contributed by atoms with Crippen LogP contribution in [0.15, 0.2) is 30.9 Å². The summed E-state index contributed by atoms with van der Waals surface area (Å²) in [6.07, 6.45) is 9.62. The Hall–Kier alpha value is -1.41. The number of fused-ring (bicyclic) bond motifs is 1. The van der Waals surface area contributed by atoms with E-state index in [4.69, 9.17) is 11.6 Å². The van der Waals surface area contributed by atoms with Gasteiger partial charge in [-0.1, -0.05) is 24.6 Å². The van der Waals surface area contributed by atoms with Crippen LogP contribution < -0.4 is 0 Å². The number of aryl methyl sites for hydroxylation is 3. The molecule has 0 bridgehead atoms. The second-order valence-corrected chi connectivity index (χ2v) is 5.74. The van der Waals surface area contributed by atoms with Crippen molar-refractivity contribution in [3.63, 3.8) is 0 Å². The van der Waals surface area contributed by atoms with Crippen molar-refractivity contribution in [2.75, 3.05) is 0 Å². The number of rotatable bonds is 3. The van der Waals surface area contributed by atoms with E-state index >= 15 is 0 Å². The van der Waals surface area contributed by atoms with Crippen LogP contribution in [0.25, 0.3) is 0 Å². The average Bonchev–Trinajstić information content (AvgIpc) is 2.78. The van der Waals surface area contributed by atoms with Crippen LogP contribution in [0.3, 0.4) is 0 Å². The Morgan fingerprint density at radius 1 is 1.21 bits per heavy atom. The van der Waals surface area contributed by atoms with E-state index in [1.165, 1.54) is 29.5 Å². The molecule has 0 aliphatic heterocycles.